The predicted octanol–water partition coefficient (Wildman–Crippen LogP) is 6.67. The van der Waals surface area contributed by atoms with Crippen LogP contribution < -0.4 is 20.5 Å². The summed E-state index contributed by atoms with van der Waals surface area (Å²) in [4.78, 5) is 78.7. The number of nitrogens with two attached hydrogens (primary N) is 1. The van der Waals surface area contributed by atoms with Crippen molar-refractivity contribution in [2.24, 2.45) is 22.6 Å². The lowest BCUT2D eigenvalue weighted by Crippen LogP contribution is -2.51. The Kier molecular flexibility index (Phi) is 14.4. The van der Waals surface area contributed by atoms with Crippen LogP contribution >= 0.6 is 7.82 Å². The van der Waals surface area contributed by atoms with Gasteiger partial charge in [-0.25, -0.2) is 9.56 Å². The number of rotatable bonds is 16. The molecular weight excluding hydrogens is 813 g/mol. The Morgan fingerprint density at radius 3 is 2.07 bits per heavy atom. The van der Waals surface area contributed by atoms with Crippen molar-refractivity contribution in [3.8, 4) is 5.75 Å². The van der Waals surface area contributed by atoms with Crippen LogP contribution in [-0.4, -0.2) is 64.4 Å². The molecule has 13 nitrogen and oxygen atoms in total. The summed E-state index contributed by atoms with van der Waals surface area (Å²) in [5.74, 6) is -9.08. The van der Waals surface area contributed by atoms with Gasteiger partial charge in [0.1, 0.15) is 5.75 Å². The molecule has 3 amide bonds. The standard InChI is InChI=1S/C39H43F6N4O9P/c1-22-18-23(2)31(29(19-22)58-59(54,55)56)37(3,4)20-30(50)57-21-49-28-13-9-8-12-27(28)32(24-10-6-5-7-11-24)47-34(36(49)53)48-35(52)26(15-17-39(43,44)45)25(33(46)51)14-16-38(40,41)42/h5-13,18-19,25-26,34H,14-17,20-21H2,1-4H3,(H2,46,51)(H,48,52)(H2,54,55,56)/t25-,26+,34?/m0/s1. The van der Waals surface area contributed by atoms with Crippen molar-refractivity contribution < 1.29 is 69.1 Å². The Labute approximate surface area is 335 Å². The zero-order chi connectivity index (χ0) is 44.1. The lowest BCUT2D eigenvalue weighted by Gasteiger charge is -2.30. The van der Waals surface area contributed by atoms with Crippen molar-refractivity contribution in [2.45, 2.75) is 83.7 Å². The fourth-order valence-corrected chi connectivity index (χ4v) is 7.45. The van der Waals surface area contributed by atoms with Crippen LogP contribution in [0.1, 0.15) is 73.8 Å². The quantitative estimate of drug-likeness (QED) is 0.0691. The number of benzene rings is 3. The number of amides is 3. The summed E-state index contributed by atoms with van der Waals surface area (Å²) in [5, 5.41) is 2.23. The van der Waals surface area contributed by atoms with Crippen molar-refractivity contribution in [3.05, 3.63) is 94.5 Å². The number of halogens is 6. The first kappa shape index (κ1) is 46.4. The number of benzodiazepines with no additional fused rings is 1. The molecule has 3 aromatic carbocycles. The van der Waals surface area contributed by atoms with Crippen LogP contribution in [0, 0.1) is 25.7 Å². The van der Waals surface area contributed by atoms with E-state index in [9.17, 15) is 59.9 Å². The maximum absolute atomic E-state index is 14.4. The van der Waals surface area contributed by atoms with Gasteiger partial charge in [-0.1, -0.05) is 68.4 Å². The van der Waals surface area contributed by atoms with Crippen LogP contribution in [0.15, 0.2) is 71.7 Å². The molecule has 4 rings (SSSR count). The molecule has 0 spiro atoms. The van der Waals surface area contributed by atoms with E-state index < -0.39 is 106 Å². The zero-order valence-electron chi connectivity index (χ0n) is 32.3. The van der Waals surface area contributed by atoms with Gasteiger partial charge in [0.25, 0.3) is 5.91 Å². The molecule has 0 saturated heterocycles. The average molecular weight is 857 g/mol. The number of ether oxygens (including phenoxy) is 1. The number of primary amides is 1. The highest BCUT2D eigenvalue weighted by Crippen LogP contribution is 2.45. The first-order valence-electron chi connectivity index (χ1n) is 18.1. The van der Waals surface area contributed by atoms with Gasteiger partial charge in [0.15, 0.2) is 6.73 Å². The fraction of sp³-hybridized carbons (Fsp3) is 0.410. The summed E-state index contributed by atoms with van der Waals surface area (Å²) >= 11 is 0. The van der Waals surface area contributed by atoms with Crippen LogP contribution in [0.5, 0.6) is 5.75 Å². The van der Waals surface area contributed by atoms with Crippen molar-refractivity contribution in [1.29, 1.82) is 0 Å². The average Bonchev–Trinajstić information content (AvgIpc) is 3.20. The molecule has 0 saturated carbocycles. The van der Waals surface area contributed by atoms with Gasteiger partial charge in [0.05, 0.1) is 17.8 Å². The molecule has 0 aliphatic carbocycles. The zero-order valence-corrected chi connectivity index (χ0v) is 33.2. The number of anilines is 1. The van der Waals surface area contributed by atoms with Crippen LogP contribution in [-0.2, 0) is 33.9 Å². The largest absolute Gasteiger partial charge is 0.524 e. The van der Waals surface area contributed by atoms with E-state index in [1.165, 1.54) is 12.1 Å². The number of carbonyl (C=O) groups is 4. The van der Waals surface area contributed by atoms with Gasteiger partial charge in [0.2, 0.25) is 18.0 Å². The number of fused-ring (bicyclic) bond motifs is 1. The Balaban J connectivity index is 1.72. The van der Waals surface area contributed by atoms with Crippen LogP contribution in [0.3, 0.4) is 0 Å². The van der Waals surface area contributed by atoms with Gasteiger partial charge in [0, 0.05) is 46.8 Å². The van der Waals surface area contributed by atoms with Crippen LogP contribution in [0.2, 0.25) is 0 Å². The minimum atomic E-state index is -5.03. The summed E-state index contributed by atoms with van der Waals surface area (Å²) in [5.41, 5.74) is 6.50. The number of hydrogen-bond acceptors (Lipinski definition) is 8. The number of phosphoric ester groups is 1. The first-order valence-corrected chi connectivity index (χ1v) is 19.6. The normalized spacial score (nSPS) is 16.0. The molecule has 1 aliphatic rings. The smallest absolute Gasteiger partial charge is 0.444 e. The lowest BCUT2D eigenvalue weighted by molar-refractivity contribution is -0.152. The molecule has 1 aliphatic heterocycles. The first-order chi connectivity index (χ1) is 27.3. The van der Waals surface area contributed by atoms with E-state index in [1.807, 2.05) is 0 Å². The van der Waals surface area contributed by atoms with Crippen LogP contribution in [0.25, 0.3) is 0 Å². The Hall–Kier alpha value is -5.26. The molecule has 0 radical (unpaired) electrons. The number of esters is 1. The minimum absolute atomic E-state index is 0.0950. The SMILES string of the molecule is Cc1cc(C)c(C(C)(C)CC(=O)OCN2C(=O)C(NC(=O)[C@H](CCC(F)(F)F)[C@H](CCC(F)(F)F)C(N)=O)N=C(c3ccccc3)c3ccccc32)c(OP(=O)(O)O)c1. The van der Waals surface area contributed by atoms with Gasteiger partial charge < -0.3 is 20.3 Å². The molecule has 3 atom stereocenters. The molecular formula is C39H43F6N4O9P. The third kappa shape index (κ3) is 12.9. The second-order valence-electron chi connectivity index (χ2n) is 14.7. The molecule has 20 heteroatoms. The molecule has 1 heterocycles. The molecule has 0 aromatic heterocycles. The molecule has 59 heavy (non-hydrogen) atoms. The number of aryl methyl sites for hydroxylation is 2. The molecule has 5 N–H and O–H groups in total. The number of carbonyl (C=O) groups excluding carboxylic acids is 4. The summed E-state index contributed by atoms with van der Waals surface area (Å²) in [6.07, 6.45) is -17.7. The maximum Gasteiger partial charge on any atom is 0.524 e. The van der Waals surface area contributed by atoms with Crippen molar-refractivity contribution in [3.63, 3.8) is 0 Å². The van der Waals surface area contributed by atoms with E-state index in [1.54, 1.807) is 82.3 Å². The highest BCUT2D eigenvalue weighted by Gasteiger charge is 2.42. The van der Waals surface area contributed by atoms with Gasteiger partial charge in [-0.05, 0) is 49.9 Å². The second-order valence-corrected chi connectivity index (χ2v) is 15.9. The number of nitrogens with zero attached hydrogens (tertiary/aromatic N) is 2. The highest BCUT2D eigenvalue weighted by molar-refractivity contribution is 7.46. The number of hydrogen-bond donors (Lipinski definition) is 4. The Morgan fingerprint density at radius 1 is 0.915 bits per heavy atom. The number of phosphoric acid groups is 1. The summed E-state index contributed by atoms with van der Waals surface area (Å²) < 4.78 is 102. The summed E-state index contributed by atoms with van der Waals surface area (Å²) in [6.45, 7) is 5.71. The van der Waals surface area contributed by atoms with Gasteiger partial charge >= 0.3 is 26.1 Å². The number of nitrogens with one attached hydrogen (secondary N) is 1. The second kappa shape index (κ2) is 18.3. The molecule has 1 unspecified atom stereocenters. The molecule has 320 valence electrons. The topological polar surface area (TPSA) is 198 Å². The minimum Gasteiger partial charge on any atom is -0.444 e. The molecule has 0 fully saturated rings. The van der Waals surface area contributed by atoms with Gasteiger partial charge in [-0.3, -0.25) is 33.9 Å². The third-order valence-corrected chi connectivity index (χ3v) is 9.91. The van der Waals surface area contributed by atoms with E-state index in [-0.39, 0.29) is 28.3 Å². The number of para-hydroxylation sites is 1. The number of alkyl halides is 6. The van der Waals surface area contributed by atoms with E-state index in [2.05, 4.69) is 10.3 Å². The van der Waals surface area contributed by atoms with E-state index in [0.29, 0.717) is 16.7 Å². The van der Waals surface area contributed by atoms with Crippen molar-refractivity contribution in [2.75, 3.05) is 11.6 Å². The summed E-state index contributed by atoms with van der Waals surface area (Å²) in [7, 11) is -5.03. The Morgan fingerprint density at radius 2 is 1.49 bits per heavy atom. The van der Waals surface area contributed by atoms with E-state index >= 15 is 0 Å². The lowest BCUT2D eigenvalue weighted by atomic mass is 9.78. The van der Waals surface area contributed by atoms with Gasteiger partial charge in [-0.2, -0.15) is 26.3 Å². The van der Waals surface area contributed by atoms with E-state index in [4.69, 9.17) is 15.0 Å². The maximum atomic E-state index is 14.4. The van der Waals surface area contributed by atoms with Crippen molar-refractivity contribution in [1.82, 2.24) is 5.32 Å². The summed E-state index contributed by atoms with van der Waals surface area (Å²) in [6, 6.07) is 17.5. The fourth-order valence-electron chi connectivity index (χ4n) is 7.05. The number of aliphatic imine (C=N–C) groups is 1. The monoisotopic (exact) mass is 856 g/mol. The van der Waals surface area contributed by atoms with E-state index in [0.717, 1.165) is 4.90 Å². The van der Waals surface area contributed by atoms with Crippen LogP contribution in [0.4, 0.5) is 32.0 Å². The highest BCUT2D eigenvalue weighted by atomic mass is 31.2. The molecule has 0 bridgehead atoms. The third-order valence-electron chi connectivity index (χ3n) is 9.48. The van der Waals surface area contributed by atoms with Crippen molar-refractivity contribution >= 4 is 42.9 Å². The van der Waals surface area contributed by atoms with Gasteiger partial charge in [-0.15, -0.1) is 0 Å². The molecule has 3 aromatic rings. The Bertz CT molecular complexity index is 2120. The predicted molar refractivity (Wildman–Crippen MR) is 202 cm³/mol.